The summed E-state index contributed by atoms with van der Waals surface area (Å²) in [6, 6.07) is 20.6. The molecular formula is C17H17NOS. The predicted octanol–water partition coefficient (Wildman–Crippen LogP) is 4.48. The molecule has 2 nitrogen and oxygen atoms in total. The molecule has 0 amide bonds. The third-order valence-corrected chi connectivity index (χ3v) is 4.01. The van der Waals surface area contributed by atoms with Gasteiger partial charge >= 0.3 is 0 Å². The minimum absolute atomic E-state index is 0.220. The van der Waals surface area contributed by atoms with E-state index in [1.54, 1.807) is 11.8 Å². The van der Waals surface area contributed by atoms with Crippen LogP contribution in [0.5, 0.6) is 0 Å². The highest BCUT2D eigenvalue weighted by Crippen LogP contribution is 2.33. The third kappa shape index (κ3) is 3.86. The lowest BCUT2D eigenvalue weighted by atomic mass is 10.0. The molecule has 0 aliphatic carbocycles. The van der Waals surface area contributed by atoms with Crippen molar-refractivity contribution in [2.75, 3.05) is 13.2 Å². The van der Waals surface area contributed by atoms with Crippen molar-refractivity contribution in [2.24, 2.45) is 0 Å². The Labute approximate surface area is 124 Å². The monoisotopic (exact) mass is 283 g/mol. The van der Waals surface area contributed by atoms with Crippen LogP contribution in [-0.2, 0) is 4.74 Å². The lowest BCUT2D eigenvalue weighted by Crippen LogP contribution is -2.07. The molecule has 1 atom stereocenters. The molecule has 3 heteroatoms. The van der Waals surface area contributed by atoms with E-state index in [2.05, 4.69) is 24.3 Å². The van der Waals surface area contributed by atoms with Crippen molar-refractivity contribution < 1.29 is 4.74 Å². The number of nitrogens with zero attached hydrogens (tertiary/aromatic N) is 1. The molecule has 20 heavy (non-hydrogen) atoms. The Morgan fingerprint density at radius 1 is 1.10 bits per heavy atom. The lowest BCUT2D eigenvalue weighted by molar-refractivity contribution is 0.142. The highest BCUT2D eigenvalue weighted by molar-refractivity contribution is 7.99. The first-order valence-corrected chi connectivity index (χ1v) is 7.46. The minimum atomic E-state index is -0.220. The van der Waals surface area contributed by atoms with Gasteiger partial charge in [-0.2, -0.15) is 5.26 Å². The lowest BCUT2D eigenvalue weighted by Gasteiger charge is -2.14. The SMILES string of the molecule is CCOCC(C#N)c1ccccc1Sc1ccccc1. The number of rotatable bonds is 6. The molecule has 2 aromatic carbocycles. The fraction of sp³-hybridized carbons (Fsp3) is 0.235. The Bertz CT molecular complexity index is 577. The van der Waals surface area contributed by atoms with Crippen molar-refractivity contribution >= 4 is 11.8 Å². The van der Waals surface area contributed by atoms with Crippen molar-refractivity contribution in [1.29, 1.82) is 5.26 Å². The Hall–Kier alpha value is -1.76. The maximum absolute atomic E-state index is 9.36. The summed E-state index contributed by atoms with van der Waals surface area (Å²) in [4.78, 5) is 2.29. The maximum Gasteiger partial charge on any atom is 0.0957 e. The van der Waals surface area contributed by atoms with Crippen LogP contribution in [0.1, 0.15) is 18.4 Å². The average molecular weight is 283 g/mol. The third-order valence-electron chi connectivity index (χ3n) is 2.91. The first kappa shape index (κ1) is 14.6. The Morgan fingerprint density at radius 2 is 1.80 bits per heavy atom. The molecule has 0 aliphatic rings. The van der Waals surface area contributed by atoms with E-state index in [1.807, 2.05) is 43.3 Å². The molecule has 0 bridgehead atoms. The van der Waals surface area contributed by atoms with E-state index < -0.39 is 0 Å². The summed E-state index contributed by atoms with van der Waals surface area (Å²) in [5, 5.41) is 9.36. The molecule has 0 spiro atoms. The van der Waals surface area contributed by atoms with Crippen LogP contribution < -0.4 is 0 Å². The van der Waals surface area contributed by atoms with Gasteiger partial charge in [-0.05, 0) is 30.7 Å². The quantitative estimate of drug-likeness (QED) is 0.783. The standard InChI is InChI=1S/C17H17NOS/c1-2-19-13-14(12-18)16-10-6-7-11-17(16)20-15-8-4-3-5-9-15/h3-11,14H,2,13H2,1H3. The topological polar surface area (TPSA) is 33.0 Å². The summed E-state index contributed by atoms with van der Waals surface area (Å²) >= 11 is 1.68. The zero-order valence-electron chi connectivity index (χ0n) is 11.5. The molecule has 0 saturated heterocycles. The normalized spacial score (nSPS) is 11.8. The van der Waals surface area contributed by atoms with Crippen molar-refractivity contribution in [2.45, 2.75) is 22.6 Å². The molecule has 0 aromatic heterocycles. The van der Waals surface area contributed by atoms with Crippen LogP contribution in [0.3, 0.4) is 0 Å². The minimum Gasteiger partial charge on any atom is -0.380 e. The fourth-order valence-corrected chi connectivity index (χ4v) is 2.93. The van der Waals surface area contributed by atoms with Crippen LogP contribution in [0.15, 0.2) is 64.4 Å². The summed E-state index contributed by atoms with van der Waals surface area (Å²) in [6.07, 6.45) is 0. The van der Waals surface area contributed by atoms with Crippen molar-refractivity contribution in [3.63, 3.8) is 0 Å². The summed E-state index contributed by atoms with van der Waals surface area (Å²) in [7, 11) is 0. The van der Waals surface area contributed by atoms with Crippen LogP contribution in [0.2, 0.25) is 0 Å². The molecule has 0 N–H and O–H groups in total. The largest absolute Gasteiger partial charge is 0.380 e. The van der Waals surface area contributed by atoms with E-state index in [1.165, 1.54) is 4.90 Å². The molecule has 0 heterocycles. The fourth-order valence-electron chi connectivity index (χ4n) is 1.91. The van der Waals surface area contributed by atoms with Gasteiger partial charge in [0.05, 0.1) is 18.6 Å². The van der Waals surface area contributed by atoms with Crippen LogP contribution in [0.25, 0.3) is 0 Å². The molecule has 0 radical (unpaired) electrons. The summed E-state index contributed by atoms with van der Waals surface area (Å²) in [6.45, 7) is 3.02. The van der Waals surface area contributed by atoms with Crippen molar-refractivity contribution in [3.05, 3.63) is 60.2 Å². The molecule has 2 rings (SSSR count). The molecule has 2 aromatic rings. The van der Waals surface area contributed by atoms with E-state index in [4.69, 9.17) is 4.74 Å². The van der Waals surface area contributed by atoms with Gasteiger partial charge in [0.25, 0.3) is 0 Å². The zero-order chi connectivity index (χ0) is 14.2. The number of nitriles is 1. The Balaban J connectivity index is 2.23. The molecule has 0 fully saturated rings. The molecule has 102 valence electrons. The second-order valence-corrected chi connectivity index (χ2v) is 5.41. The van der Waals surface area contributed by atoms with Crippen LogP contribution in [0, 0.1) is 11.3 Å². The molecule has 0 saturated carbocycles. The number of hydrogen-bond donors (Lipinski definition) is 0. The van der Waals surface area contributed by atoms with Gasteiger partial charge in [0.1, 0.15) is 0 Å². The van der Waals surface area contributed by atoms with Crippen molar-refractivity contribution in [1.82, 2.24) is 0 Å². The Morgan fingerprint density at radius 3 is 2.50 bits per heavy atom. The second-order valence-electron chi connectivity index (χ2n) is 4.29. The van der Waals surface area contributed by atoms with E-state index in [-0.39, 0.29) is 5.92 Å². The van der Waals surface area contributed by atoms with Gasteiger partial charge in [-0.1, -0.05) is 48.2 Å². The first-order chi connectivity index (χ1) is 9.85. The highest BCUT2D eigenvalue weighted by atomic mass is 32.2. The van der Waals surface area contributed by atoms with Gasteiger partial charge in [-0.15, -0.1) is 0 Å². The van der Waals surface area contributed by atoms with Crippen molar-refractivity contribution in [3.8, 4) is 6.07 Å². The number of benzene rings is 2. The van der Waals surface area contributed by atoms with Gasteiger partial charge < -0.3 is 4.74 Å². The summed E-state index contributed by atoms with van der Waals surface area (Å²) < 4.78 is 5.41. The zero-order valence-corrected chi connectivity index (χ0v) is 12.3. The predicted molar refractivity (Wildman–Crippen MR) is 81.9 cm³/mol. The number of hydrogen-bond acceptors (Lipinski definition) is 3. The summed E-state index contributed by atoms with van der Waals surface area (Å²) in [5.74, 6) is -0.220. The van der Waals surface area contributed by atoms with Gasteiger partial charge in [-0.3, -0.25) is 0 Å². The molecule has 1 unspecified atom stereocenters. The van der Waals surface area contributed by atoms with E-state index >= 15 is 0 Å². The summed E-state index contributed by atoms with van der Waals surface area (Å²) in [5.41, 5.74) is 1.04. The average Bonchev–Trinajstić information content (AvgIpc) is 2.50. The van der Waals surface area contributed by atoms with Crippen LogP contribution in [0.4, 0.5) is 0 Å². The second kappa shape index (κ2) is 7.74. The highest BCUT2D eigenvalue weighted by Gasteiger charge is 2.15. The Kier molecular flexibility index (Phi) is 5.67. The maximum atomic E-state index is 9.36. The first-order valence-electron chi connectivity index (χ1n) is 6.64. The van der Waals surface area contributed by atoms with Crippen LogP contribution >= 0.6 is 11.8 Å². The van der Waals surface area contributed by atoms with Gasteiger partial charge in [0.2, 0.25) is 0 Å². The van der Waals surface area contributed by atoms with Gasteiger partial charge in [0, 0.05) is 16.4 Å². The van der Waals surface area contributed by atoms with E-state index in [0.717, 1.165) is 10.5 Å². The number of ether oxygens (including phenoxy) is 1. The molecule has 0 aliphatic heterocycles. The smallest absolute Gasteiger partial charge is 0.0957 e. The van der Waals surface area contributed by atoms with Gasteiger partial charge in [-0.25, -0.2) is 0 Å². The van der Waals surface area contributed by atoms with Crippen LogP contribution in [-0.4, -0.2) is 13.2 Å². The van der Waals surface area contributed by atoms with E-state index in [0.29, 0.717) is 13.2 Å². The molecular weight excluding hydrogens is 266 g/mol. The van der Waals surface area contributed by atoms with Gasteiger partial charge in [0.15, 0.2) is 0 Å². The van der Waals surface area contributed by atoms with E-state index in [9.17, 15) is 5.26 Å².